The molecular weight excluding hydrogens is 290 g/mol. The molecule has 21 heavy (non-hydrogen) atoms. The highest BCUT2D eigenvalue weighted by molar-refractivity contribution is 7.99. The predicted octanol–water partition coefficient (Wildman–Crippen LogP) is 4.78. The average Bonchev–Trinajstić information content (AvgIpc) is 2.45. The van der Waals surface area contributed by atoms with Crippen molar-refractivity contribution in [2.24, 2.45) is 0 Å². The lowest BCUT2D eigenvalue weighted by Crippen LogP contribution is -2.15. The van der Waals surface area contributed by atoms with Gasteiger partial charge in [-0.2, -0.15) is 0 Å². The maximum atomic E-state index is 13.6. The smallest absolute Gasteiger partial charge is 0.178 e. The number of rotatable bonds is 5. The molecule has 2 aromatic carbocycles. The summed E-state index contributed by atoms with van der Waals surface area (Å²) in [7, 11) is 0. The minimum absolute atomic E-state index is 0.0545. The molecule has 0 bridgehead atoms. The highest BCUT2D eigenvalue weighted by Gasteiger charge is 2.19. The zero-order chi connectivity index (χ0) is 15.4. The molecule has 0 saturated carbocycles. The standard InChI is InChI=1S/C17H16F2OS/c1-11-5-3-4-6-13(11)10-21-12(2)17(20)15-8-7-14(18)9-16(15)19/h3-9,12H,10H2,1-2H3. The van der Waals surface area contributed by atoms with Crippen LogP contribution in [0.1, 0.15) is 28.4 Å². The van der Waals surface area contributed by atoms with Crippen LogP contribution in [0, 0.1) is 18.6 Å². The van der Waals surface area contributed by atoms with Crippen molar-refractivity contribution in [3.05, 3.63) is 70.8 Å². The van der Waals surface area contributed by atoms with E-state index in [9.17, 15) is 13.6 Å². The number of benzene rings is 2. The minimum atomic E-state index is -0.802. The molecule has 0 aliphatic heterocycles. The van der Waals surface area contributed by atoms with Gasteiger partial charge >= 0.3 is 0 Å². The summed E-state index contributed by atoms with van der Waals surface area (Å²) < 4.78 is 26.5. The third kappa shape index (κ3) is 3.91. The van der Waals surface area contributed by atoms with E-state index in [0.717, 1.165) is 23.3 Å². The van der Waals surface area contributed by atoms with Crippen LogP contribution in [0.2, 0.25) is 0 Å². The van der Waals surface area contributed by atoms with Gasteiger partial charge in [-0.1, -0.05) is 24.3 Å². The number of thioether (sulfide) groups is 1. The summed E-state index contributed by atoms with van der Waals surface area (Å²) >= 11 is 1.45. The summed E-state index contributed by atoms with van der Waals surface area (Å²) in [5.41, 5.74) is 2.26. The number of carbonyl (C=O) groups is 1. The molecule has 0 heterocycles. The second kappa shape index (κ2) is 6.85. The number of ketones is 1. The van der Waals surface area contributed by atoms with Gasteiger partial charge in [0.05, 0.1) is 10.8 Å². The van der Waals surface area contributed by atoms with E-state index in [2.05, 4.69) is 0 Å². The summed E-state index contributed by atoms with van der Waals surface area (Å²) in [6.45, 7) is 3.76. The van der Waals surface area contributed by atoms with E-state index >= 15 is 0 Å². The Balaban J connectivity index is 2.04. The lowest BCUT2D eigenvalue weighted by Gasteiger charge is -2.12. The highest BCUT2D eigenvalue weighted by Crippen LogP contribution is 2.23. The van der Waals surface area contributed by atoms with Crippen LogP contribution in [0.5, 0.6) is 0 Å². The maximum Gasteiger partial charge on any atom is 0.178 e. The number of hydrogen-bond donors (Lipinski definition) is 0. The fraction of sp³-hybridized carbons (Fsp3) is 0.235. The molecule has 0 spiro atoms. The zero-order valence-electron chi connectivity index (χ0n) is 11.9. The summed E-state index contributed by atoms with van der Waals surface area (Å²) in [4.78, 5) is 12.2. The minimum Gasteiger partial charge on any atom is -0.293 e. The average molecular weight is 306 g/mol. The van der Waals surface area contributed by atoms with Gasteiger partial charge in [-0.15, -0.1) is 11.8 Å². The molecule has 4 heteroatoms. The van der Waals surface area contributed by atoms with E-state index in [1.165, 1.54) is 17.8 Å². The number of Topliss-reactive ketones (excluding diaryl/α,β-unsaturated/α-hetero) is 1. The molecule has 2 aromatic rings. The Labute approximate surface area is 127 Å². The van der Waals surface area contributed by atoms with Gasteiger partial charge in [0, 0.05) is 11.8 Å². The summed E-state index contributed by atoms with van der Waals surface area (Å²) in [6.07, 6.45) is 0. The van der Waals surface area contributed by atoms with Crippen molar-refractivity contribution in [1.82, 2.24) is 0 Å². The van der Waals surface area contributed by atoms with Gasteiger partial charge < -0.3 is 0 Å². The number of aryl methyl sites for hydroxylation is 1. The molecule has 0 N–H and O–H groups in total. The molecule has 110 valence electrons. The van der Waals surface area contributed by atoms with Crippen LogP contribution in [0.25, 0.3) is 0 Å². The highest BCUT2D eigenvalue weighted by atomic mass is 32.2. The Kier molecular flexibility index (Phi) is 5.12. The van der Waals surface area contributed by atoms with Crippen molar-refractivity contribution < 1.29 is 13.6 Å². The normalized spacial score (nSPS) is 12.2. The van der Waals surface area contributed by atoms with E-state index < -0.39 is 11.6 Å². The van der Waals surface area contributed by atoms with Gasteiger partial charge in [0.1, 0.15) is 11.6 Å². The molecule has 0 aliphatic carbocycles. The largest absolute Gasteiger partial charge is 0.293 e. The van der Waals surface area contributed by atoms with Gasteiger partial charge in [0.25, 0.3) is 0 Å². The topological polar surface area (TPSA) is 17.1 Å². The third-order valence-corrected chi connectivity index (χ3v) is 4.51. The third-order valence-electron chi connectivity index (χ3n) is 3.32. The SMILES string of the molecule is Cc1ccccc1CSC(C)C(=O)c1ccc(F)cc1F. The molecule has 0 radical (unpaired) electrons. The van der Waals surface area contributed by atoms with Gasteiger partial charge in [0.2, 0.25) is 0 Å². The monoisotopic (exact) mass is 306 g/mol. The number of hydrogen-bond acceptors (Lipinski definition) is 2. The van der Waals surface area contributed by atoms with Crippen LogP contribution in [0.15, 0.2) is 42.5 Å². The van der Waals surface area contributed by atoms with E-state index in [0.29, 0.717) is 5.75 Å². The van der Waals surface area contributed by atoms with Crippen LogP contribution in [-0.4, -0.2) is 11.0 Å². The molecular formula is C17H16F2OS. The van der Waals surface area contributed by atoms with Crippen molar-refractivity contribution in [3.8, 4) is 0 Å². The first-order valence-corrected chi connectivity index (χ1v) is 7.69. The fourth-order valence-electron chi connectivity index (χ4n) is 1.97. The summed E-state index contributed by atoms with van der Waals surface area (Å²) in [5, 5.41) is -0.385. The van der Waals surface area contributed by atoms with Crippen molar-refractivity contribution in [2.45, 2.75) is 24.9 Å². The van der Waals surface area contributed by atoms with Gasteiger partial charge in [0.15, 0.2) is 5.78 Å². The fourth-order valence-corrected chi connectivity index (χ4v) is 3.00. The van der Waals surface area contributed by atoms with Crippen molar-refractivity contribution >= 4 is 17.5 Å². The molecule has 0 amide bonds. The van der Waals surface area contributed by atoms with Crippen LogP contribution in [0.4, 0.5) is 8.78 Å². The molecule has 1 unspecified atom stereocenters. The van der Waals surface area contributed by atoms with Crippen LogP contribution < -0.4 is 0 Å². The summed E-state index contributed by atoms with van der Waals surface area (Å²) in [5.74, 6) is -1.11. The molecule has 0 aromatic heterocycles. The predicted molar refractivity (Wildman–Crippen MR) is 82.6 cm³/mol. The van der Waals surface area contributed by atoms with Crippen LogP contribution >= 0.6 is 11.8 Å². The Morgan fingerprint density at radius 2 is 1.90 bits per heavy atom. The second-order valence-corrected chi connectivity index (χ2v) is 6.20. The van der Waals surface area contributed by atoms with Crippen molar-refractivity contribution in [3.63, 3.8) is 0 Å². The summed E-state index contributed by atoms with van der Waals surface area (Å²) in [6, 6.07) is 11.0. The first-order valence-electron chi connectivity index (χ1n) is 6.64. The van der Waals surface area contributed by atoms with Crippen LogP contribution in [-0.2, 0) is 5.75 Å². The van der Waals surface area contributed by atoms with Gasteiger partial charge in [-0.3, -0.25) is 4.79 Å². The Morgan fingerprint density at radius 3 is 2.57 bits per heavy atom. The van der Waals surface area contributed by atoms with Gasteiger partial charge in [-0.05, 0) is 37.1 Å². The van der Waals surface area contributed by atoms with E-state index in [1.807, 2.05) is 31.2 Å². The molecule has 1 atom stereocenters. The maximum absolute atomic E-state index is 13.6. The quantitative estimate of drug-likeness (QED) is 0.740. The molecule has 0 aliphatic rings. The molecule has 0 fully saturated rings. The zero-order valence-corrected chi connectivity index (χ0v) is 12.7. The molecule has 0 saturated heterocycles. The number of carbonyl (C=O) groups excluding carboxylic acids is 1. The molecule has 1 nitrogen and oxygen atoms in total. The second-order valence-electron chi connectivity index (χ2n) is 4.87. The van der Waals surface area contributed by atoms with Crippen molar-refractivity contribution in [2.75, 3.05) is 0 Å². The van der Waals surface area contributed by atoms with Gasteiger partial charge in [-0.25, -0.2) is 8.78 Å². The Bertz CT molecular complexity index is 655. The van der Waals surface area contributed by atoms with Crippen molar-refractivity contribution in [1.29, 1.82) is 0 Å². The first-order chi connectivity index (χ1) is 9.99. The van der Waals surface area contributed by atoms with Crippen LogP contribution in [0.3, 0.4) is 0 Å². The lowest BCUT2D eigenvalue weighted by molar-refractivity contribution is 0.0990. The Hall–Kier alpha value is -1.68. The van der Waals surface area contributed by atoms with E-state index in [-0.39, 0.29) is 16.6 Å². The lowest BCUT2D eigenvalue weighted by atomic mass is 10.1. The molecule has 2 rings (SSSR count). The van der Waals surface area contributed by atoms with E-state index in [4.69, 9.17) is 0 Å². The Morgan fingerprint density at radius 1 is 1.19 bits per heavy atom. The first kappa shape index (κ1) is 15.7. The van der Waals surface area contributed by atoms with E-state index in [1.54, 1.807) is 6.92 Å². The number of halogens is 2.